The van der Waals surface area contributed by atoms with Crippen LogP contribution in [0.25, 0.3) is 6.08 Å². The van der Waals surface area contributed by atoms with Crippen LogP contribution in [0.2, 0.25) is 0 Å². The molecule has 2 aromatic carbocycles. The SMILES string of the molecule is CCOc1cc(OCC)c(/C=C(/C#N)C(=O)Nc2ccc(O)cc2)cc1Br. The van der Waals surface area contributed by atoms with Gasteiger partial charge in [0.2, 0.25) is 0 Å². The highest BCUT2D eigenvalue weighted by atomic mass is 79.9. The molecule has 0 fully saturated rings. The van der Waals surface area contributed by atoms with Crippen molar-refractivity contribution < 1.29 is 19.4 Å². The van der Waals surface area contributed by atoms with Crippen LogP contribution in [0.1, 0.15) is 19.4 Å². The van der Waals surface area contributed by atoms with Gasteiger partial charge in [-0.15, -0.1) is 0 Å². The van der Waals surface area contributed by atoms with Crippen molar-refractivity contribution in [2.75, 3.05) is 18.5 Å². The fraction of sp³-hybridized carbons (Fsp3) is 0.200. The molecular weight excluding hydrogens is 412 g/mol. The number of hydrogen-bond donors (Lipinski definition) is 2. The number of nitrogens with zero attached hydrogens (tertiary/aromatic N) is 1. The number of phenols is 1. The van der Waals surface area contributed by atoms with Crippen molar-refractivity contribution in [1.29, 1.82) is 5.26 Å². The lowest BCUT2D eigenvalue weighted by atomic mass is 10.1. The summed E-state index contributed by atoms with van der Waals surface area (Å²) in [6.07, 6.45) is 1.46. The van der Waals surface area contributed by atoms with Crippen molar-refractivity contribution in [3.63, 3.8) is 0 Å². The maximum atomic E-state index is 12.4. The van der Waals surface area contributed by atoms with Gasteiger partial charge in [0.05, 0.1) is 17.7 Å². The molecule has 2 N–H and O–H groups in total. The molecule has 2 rings (SSSR count). The third-order valence-corrected chi connectivity index (χ3v) is 4.07. The van der Waals surface area contributed by atoms with Crippen LogP contribution in [-0.4, -0.2) is 24.2 Å². The predicted molar refractivity (Wildman–Crippen MR) is 107 cm³/mol. The Morgan fingerprint density at radius 2 is 1.81 bits per heavy atom. The van der Waals surface area contributed by atoms with Crippen molar-refractivity contribution in [3.8, 4) is 23.3 Å². The Balaban J connectivity index is 2.35. The number of anilines is 1. The quantitative estimate of drug-likeness (QED) is 0.383. The number of phenolic OH excluding ortho intramolecular Hbond substituents is 1. The van der Waals surface area contributed by atoms with Crippen LogP contribution in [0.4, 0.5) is 5.69 Å². The molecule has 0 aliphatic rings. The third kappa shape index (κ3) is 5.50. The van der Waals surface area contributed by atoms with Crippen LogP contribution in [0.15, 0.2) is 46.4 Å². The first kappa shape index (κ1) is 20.3. The van der Waals surface area contributed by atoms with Crippen LogP contribution in [0, 0.1) is 11.3 Å². The summed E-state index contributed by atoms with van der Waals surface area (Å²) in [6.45, 7) is 4.65. The molecule has 6 nitrogen and oxygen atoms in total. The summed E-state index contributed by atoms with van der Waals surface area (Å²) < 4.78 is 11.8. The third-order valence-electron chi connectivity index (χ3n) is 3.45. The molecule has 0 radical (unpaired) electrons. The summed E-state index contributed by atoms with van der Waals surface area (Å²) in [6, 6.07) is 11.3. The first-order chi connectivity index (χ1) is 13.0. The molecular formula is C20H19BrN2O4. The van der Waals surface area contributed by atoms with E-state index in [1.807, 2.05) is 19.9 Å². The number of rotatable bonds is 7. The Bertz CT molecular complexity index is 886. The van der Waals surface area contributed by atoms with E-state index < -0.39 is 5.91 Å². The van der Waals surface area contributed by atoms with Crippen molar-refractivity contribution in [2.24, 2.45) is 0 Å². The van der Waals surface area contributed by atoms with Crippen molar-refractivity contribution in [1.82, 2.24) is 0 Å². The van der Waals surface area contributed by atoms with Gasteiger partial charge in [-0.2, -0.15) is 5.26 Å². The Kier molecular flexibility index (Phi) is 7.26. The molecule has 0 atom stereocenters. The normalized spacial score (nSPS) is 10.8. The van der Waals surface area contributed by atoms with Gasteiger partial charge in [0.1, 0.15) is 28.9 Å². The van der Waals surface area contributed by atoms with E-state index in [1.165, 1.54) is 18.2 Å². The van der Waals surface area contributed by atoms with Crippen LogP contribution in [-0.2, 0) is 4.79 Å². The lowest BCUT2D eigenvalue weighted by Crippen LogP contribution is -2.13. The van der Waals surface area contributed by atoms with Crippen LogP contribution in [0.3, 0.4) is 0 Å². The van der Waals surface area contributed by atoms with E-state index in [0.717, 1.165) is 0 Å². The molecule has 2 aromatic rings. The molecule has 7 heteroatoms. The summed E-state index contributed by atoms with van der Waals surface area (Å²) >= 11 is 3.43. The van der Waals surface area contributed by atoms with Crippen LogP contribution < -0.4 is 14.8 Å². The first-order valence-electron chi connectivity index (χ1n) is 8.29. The number of carbonyl (C=O) groups is 1. The Hall–Kier alpha value is -2.98. The topological polar surface area (TPSA) is 91.6 Å². The zero-order valence-corrected chi connectivity index (χ0v) is 16.5. The summed E-state index contributed by atoms with van der Waals surface area (Å²) in [5.41, 5.74) is 0.960. The summed E-state index contributed by atoms with van der Waals surface area (Å²) in [4.78, 5) is 12.4. The maximum absolute atomic E-state index is 12.4. The summed E-state index contributed by atoms with van der Waals surface area (Å²) in [7, 11) is 0. The van der Waals surface area contributed by atoms with E-state index in [4.69, 9.17) is 9.47 Å². The number of nitrogens with one attached hydrogen (secondary N) is 1. The molecule has 0 bridgehead atoms. The highest BCUT2D eigenvalue weighted by molar-refractivity contribution is 9.10. The molecule has 0 spiro atoms. The standard InChI is InChI=1S/C20H19BrN2O4/c1-3-26-18-11-19(27-4-2)17(21)10-13(18)9-14(12-22)20(25)23-15-5-7-16(24)8-6-15/h5-11,24H,3-4H2,1-2H3,(H,23,25)/b14-9-. The number of nitriles is 1. The minimum Gasteiger partial charge on any atom is -0.508 e. The van der Waals surface area contributed by atoms with E-state index >= 15 is 0 Å². The highest BCUT2D eigenvalue weighted by Crippen LogP contribution is 2.34. The molecule has 0 saturated carbocycles. The van der Waals surface area contributed by atoms with Crippen LogP contribution >= 0.6 is 15.9 Å². The lowest BCUT2D eigenvalue weighted by Gasteiger charge is -2.13. The predicted octanol–water partition coefficient (Wildman–Crippen LogP) is 4.50. The summed E-state index contributed by atoms with van der Waals surface area (Å²) in [5, 5.41) is 21.3. The monoisotopic (exact) mass is 430 g/mol. The van der Waals surface area contributed by atoms with E-state index in [1.54, 1.807) is 24.3 Å². The second-order valence-electron chi connectivity index (χ2n) is 5.36. The van der Waals surface area contributed by atoms with E-state index in [2.05, 4.69) is 21.2 Å². The number of aromatic hydroxyl groups is 1. The van der Waals surface area contributed by atoms with Gasteiger partial charge in [-0.05, 0) is 66.2 Å². The maximum Gasteiger partial charge on any atom is 0.266 e. The Morgan fingerprint density at radius 3 is 2.41 bits per heavy atom. The Labute approximate surface area is 166 Å². The molecule has 140 valence electrons. The summed E-state index contributed by atoms with van der Waals surface area (Å²) in [5.74, 6) is 0.653. The number of halogens is 1. The minimum atomic E-state index is -0.560. The van der Waals surface area contributed by atoms with Gasteiger partial charge in [-0.25, -0.2) is 0 Å². The fourth-order valence-electron chi connectivity index (χ4n) is 2.26. The van der Waals surface area contributed by atoms with Gasteiger partial charge in [0.15, 0.2) is 0 Å². The lowest BCUT2D eigenvalue weighted by molar-refractivity contribution is -0.112. The highest BCUT2D eigenvalue weighted by Gasteiger charge is 2.14. The van der Waals surface area contributed by atoms with Gasteiger partial charge in [0, 0.05) is 17.3 Å². The zero-order chi connectivity index (χ0) is 19.8. The van der Waals surface area contributed by atoms with E-state index in [0.29, 0.717) is 40.4 Å². The van der Waals surface area contributed by atoms with E-state index in [9.17, 15) is 15.2 Å². The number of hydrogen-bond acceptors (Lipinski definition) is 5. The molecule has 1 amide bonds. The van der Waals surface area contributed by atoms with Crippen molar-refractivity contribution >= 4 is 33.6 Å². The van der Waals surface area contributed by atoms with Crippen molar-refractivity contribution in [3.05, 3.63) is 52.0 Å². The van der Waals surface area contributed by atoms with Crippen LogP contribution in [0.5, 0.6) is 17.2 Å². The van der Waals surface area contributed by atoms with E-state index in [-0.39, 0.29) is 11.3 Å². The molecule has 0 aliphatic carbocycles. The molecule has 0 heterocycles. The second kappa shape index (κ2) is 9.64. The molecule has 0 saturated heterocycles. The van der Waals surface area contributed by atoms with Gasteiger partial charge >= 0.3 is 0 Å². The van der Waals surface area contributed by atoms with Gasteiger partial charge in [-0.3, -0.25) is 4.79 Å². The smallest absolute Gasteiger partial charge is 0.266 e. The molecule has 0 unspecified atom stereocenters. The molecule has 0 aromatic heterocycles. The number of ether oxygens (including phenoxy) is 2. The Morgan fingerprint density at radius 1 is 1.19 bits per heavy atom. The minimum absolute atomic E-state index is 0.0833. The van der Waals surface area contributed by atoms with Gasteiger partial charge in [0.25, 0.3) is 5.91 Å². The fourth-order valence-corrected chi connectivity index (χ4v) is 2.73. The molecule has 27 heavy (non-hydrogen) atoms. The average molecular weight is 431 g/mol. The van der Waals surface area contributed by atoms with Gasteiger partial charge in [-0.1, -0.05) is 0 Å². The average Bonchev–Trinajstić information content (AvgIpc) is 2.65. The number of carbonyl (C=O) groups excluding carboxylic acids is 1. The first-order valence-corrected chi connectivity index (χ1v) is 9.09. The largest absolute Gasteiger partial charge is 0.508 e. The number of amides is 1. The van der Waals surface area contributed by atoms with Gasteiger partial charge < -0.3 is 19.9 Å². The van der Waals surface area contributed by atoms with Crippen molar-refractivity contribution in [2.45, 2.75) is 13.8 Å². The zero-order valence-electron chi connectivity index (χ0n) is 15.0. The molecule has 0 aliphatic heterocycles. The second-order valence-corrected chi connectivity index (χ2v) is 6.21. The number of benzene rings is 2.